The van der Waals surface area contributed by atoms with Gasteiger partial charge in [-0.05, 0) is 57.5 Å². The van der Waals surface area contributed by atoms with E-state index < -0.39 is 57.2 Å². The lowest BCUT2D eigenvalue weighted by atomic mass is 10.0. The van der Waals surface area contributed by atoms with Crippen LogP contribution in [0, 0.1) is 5.92 Å². The summed E-state index contributed by atoms with van der Waals surface area (Å²) in [7, 11) is 1.65. The average molecular weight is 766 g/mol. The number of nitrogens with one attached hydrogen (secondary N) is 2. The molecule has 4 aromatic rings. The molecule has 0 spiro atoms. The number of likely N-dealkylation sites (N-methyl/N-ethyl adjacent to an activating group) is 1. The quantitative estimate of drug-likeness (QED) is 0.161. The summed E-state index contributed by atoms with van der Waals surface area (Å²) in [6, 6.07) is 25.3. The third kappa shape index (κ3) is 8.14. The lowest BCUT2D eigenvalue weighted by molar-refractivity contribution is -0.142. The zero-order valence-corrected chi connectivity index (χ0v) is 32.1. The number of ether oxygens (including phenoxy) is 2. The maximum absolute atomic E-state index is 14.6. The molecule has 7 rings (SSSR count). The molecule has 1 saturated heterocycles. The molecule has 2 heterocycles. The van der Waals surface area contributed by atoms with Crippen molar-refractivity contribution in [2.24, 2.45) is 5.92 Å². The van der Waals surface area contributed by atoms with Gasteiger partial charge >= 0.3 is 0 Å². The Morgan fingerprint density at radius 2 is 1.75 bits per heavy atom. The van der Waals surface area contributed by atoms with Gasteiger partial charge in [0.05, 0.1) is 42.7 Å². The molecule has 1 unspecified atom stereocenters. The Morgan fingerprint density at radius 1 is 1.04 bits per heavy atom. The maximum Gasteiger partial charge on any atom is 0.243 e. The molecule has 288 valence electrons. The van der Waals surface area contributed by atoms with Crippen LogP contribution in [0.25, 0.3) is 22.2 Å². The zero-order valence-electron chi connectivity index (χ0n) is 31.3. The molecule has 13 heteroatoms. The van der Waals surface area contributed by atoms with Gasteiger partial charge in [-0.2, -0.15) is 0 Å². The first-order valence-corrected chi connectivity index (χ1v) is 20.1. The summed E-state index contributed by atoms with van der Waals surface area (Å²) >= 11 is 0. The Labute approximate surface area is 321 Å². The third-order valence-corrected chi connectivity index (χ3v) is 12.8. The van der Waals surface area contributed by atoms with Crippen LogP contribution in [0.15, 0.2) is 97.6 Å². The van der Waals surface area contributed by atoms with E-state index in [0.717, 1.165) is 16.5 Å². The number of benzene rings is 3. The minimum absolute atomic E-state index is 0.115. The van der Waals surface area contributed by atoms with E-state index in [4.69, 9.17) is 14.5 Å². The second-order valence-electron chi connectivity index (χ2n) is 14.9. The van der Waals surface area contributed by atoms with Gasteiger partial charge in [-0.1, -0.05) is 66.7 Å². The maximum atomic E-state index is 14.6. The molecule has 3 aromatic carbocycles. The molecule has 3 aliphatic rings. The molecule has 5 atom stereocenters. The Balaban J connectivity index is 1.19. The minimum atomic E-state index is -3.62. The first kappa shape index (κ1) is 38.2. The lowest BCUT2D eigenvalue weighted by Gasteiger charge is -2.32. The van der Waals surface area contributed by atoms with Gasteiger partial charge in [-0.15, -0.1) is 6.58 Å². The van der Waals surface area contributed by atoms with Gasteiger partial charge in [0.15, 0.2) is 5.78 Å². The van der Waals surface area contributed by atoms with Crippen molar-refractivity contribution in [1.82, 2.24) is 24.8 Å². The van der Waals surface area contributed by atoms with Crippen molar-refractivity contribution in [2.75, 3.05) is 34.3 Å². The highest BCUT2D eigenvalue weighted by molar-refractivity contribution is 7.90. The highest BCUT2D eigenvalue weighted by Gasteiger charge is 2.60. The van der Waals surface area contributed by atoms with Crippen LogP contribution in [0.5, 0.6) is 11.5 Å². The number of sulfonamides is 1. The Morgan fingerprint density at radius 3 is 2.38 bits per heavy atom. The van der Waals surface area contributed by atoms with Crippen LogP contribution in [-0.2, 0) is 30.8 Å². The number of pyridine rings is 1. The van der Waals surface area contributed by atoms with Crippen LogP contribution in [0.1, 0.15) is 31.2 Å². The standard InChI is InChI=1S/C42H47N5O7S/c1-5-29-24-42(29,39(48)25-43-55(51,52)32-17-18-32)45-40(49)36-22-31(26-47(36)41(50)37(46(2)3)20-27-12-8-6-9-13-27)54-38-23-34(28-14-10-7-11-15-28)44-35-21-30(53-4)16-19-33(35)38/h5-16,19,21,23,29,31-32,36-37,43H,1,17-18,20,22,24-26H2,2-4H3,(H,45,49)/t29-,31+,36+,37+,42?/m0/s1. The number of likely N-dealkylation sites (tertiary alicyclic amines) is 1. The van der Waals surface area contributed by atoms with Gasteiger partial charge in [0.1, 0.15) is 29.2 Å². The first-order chi connectivity index (χ1) is 26.4. The van der Waals surface area contributed by atoms with Crippen molar-refractivity contribution in [3.05, 3.63) is 103 Å². The summed E-state index contributed by atoms with van der Waals surface area (Å²) in [4.78, 5) is 51.0. The van der Waals surface area contributed by atoms with Crippen molar-refractivity contribution in [3.8, 4) is 22.8 Å². The fourth-order valence-electron chi connectivity index (χ4n) is 7.46. The number of carbonyl (C=O) groups is 3. The predicted octanol–water partition coefficient (Wildman–Crippen LogP) is 4.14. The third-order valence-electron chi connectivity index (χ3n) is 10.9. The number of methoxy groups -OCH3 is 1. The molecule has 1 aromatic heterocycles. The monoisotopic (exact) mass is 765 g/mol. The molecule has 3 fully saturated rings. The van der Waals surface area contributed by atoms with Gasteiger partial charge in [0, 0.05) is 35.4 Å². The van der Waals surface area contributed by atoms with Crippen LogP contribution >= 0.6 is 0 Å². The fourth-order valence-corrected chi connectivity index (χ4v) is 8.79. The summed E-state index contributed by atoms with van der Waals surface area (Å²) in [6.07, 6.45) is 2.99. The van der Waals surface area contributed by atoms with Crippen molar-refractivity contribution in [3.63, 3.8) is 0 Å². The van der Waals surface area contributed by atoms with Crippen LogP contribution in [0.4, 0.5) is 0 Å². The summed E-state index contributed by atoms with van der Waals surface area (Å²) in [5, 5.41) is 3.22. The van der Waals surface area contributed by atoms with Crippen LogP contribution in [-0.4, -0.2) is 104 Å². The van der Waals surface area contributed by atoms with Gasteiger partial charge in [-0.3, -0.25) is 19.3 Å². The van der Waals surface area contributed by atoms with Crippen molar-refractivity contribution < 1.29 is 32.3 Å². The number of carbonyl (C=O) groups excluding carboxylic acids is 3. The Bertz CT molecular complexity index is 2200. The van der Waals surface area contributed by atoms with E-state index in [9.17, 15) is 22.8 Å². The molecular weight excluding hydrogens is 719 g/mol. The van der Waals surface area contributed by atoms with Crippen LogP contribution < -0.4 is 19.5 Å². The van der Waals surface area contributed by atoms with E-state index in [1.807, 2.05) is 104 Å². The van der Waals surface area contributed by atoms with Gasteiger partial charge in [-0.25, -0.2) is 18.1 Å². The largest absolute Gasteiger partial charge is 0.497 e. The summed E-state index contributed by atoms with van der Waals surface area (Å²) in [5.41, 5.74) is 1.89. The number of nitrogens with zero attached hydrogens (tertiary/aromatic N) is 3. The van der Waals surface area contributed by atoms with Gasteiger partial charge < -0.3 is 19.7 Å². The predicted molar refractivity (Wildman–Crippen MR) is 210 cm³/mol. The number of hydrogen-bond donors (Lipinski definition) is 2. The second-order valence-corrected chi connectivity index (χ2v) is 16.9. The summed E-state index contributed by atoms with van der Waals surface area (Å²) in [5.74, 6) is -0.392. The number of ketones is 1. The van der Waals surface area contributed by atoms with Crippen LogP contribution in [0.2, 0.25) is 0 Å². The lowest BCUT2D eigenvalue weighted by Crippen LogP contribution is -2.57. The SMILES string of the molecule is C=C[C@H]1CC1(NC(=O)[C@H]1C[C@@H](Oc2cc(-c3ccccc3)nc3cc(OC)ccc23)CN1C(=O)[C@@H](Cc1ccccc1)N(C)C)C(=O)CNS(=O)(=O)C1CC1. The highest BCUT2D eigenvalue weighted by Crippen LogP contribution is 2.46. The van der Waals surface area contributed by atoms with E-state index in [0.29, 0.717) is 42.0 Å². The number of aromatic nitrogens is 1. The second kappa shape index (κ2) is 15.6. The Kier molecular flexibility index (Phi) is 10.8. The molecular formula is C42H47N5O7S. The summed E-state index contributed by atoms with van der Waals surface area (Å²) in [6.45, 7) is 3.53. The highest BCUT2D eigenvalue weighted by atomic mass is 32.2. The van der Waals surface area contributed by atoms with E-state index in [1.165, 1.54) is 0 Å². The molecule has 2 N–H and O–H groups in total. The summed E-state index contributed by atoms with van der Waals surface area (Å²) < 4.78 is 39.8. The van der Waals surface area contributed by atoms with Crippen molar-refractivity contribution >= 4 is 38.5 Å². The number of Topliss-reactive ketones (excluding diaryl/α,β-unsaturated/α-hetero) is 1. The number of amides is 2. The van der Waals surface area contributed by atoms with E-state index >= 15 is 0 Å². The first-order valence-electron chi connectivity index (χ1n) is 18.6. The smallest absolute Gasteiger partial charge is 0.243 e. The van der Waals surface area contributed by atoms with Gasteiger partial charge in [0.25, 0.3) is 0 Å². The van der Waals surface area contributed by atoms with E-state index in [1.54, 1.807) is 18.1 Å². The molecule has 55 heavy (non-hydrogen) atoms. The molecule has 2 amide bonds. The number of fused-ring (bicyclic) bond motifs is 1. The average Bonchev–Trinajstić information content (AvgIpc) is 4.13. The number of hydrogen-bond acceptors (Lipinski definition) is 9. The number of rotatable bonds is 16. The van der Waals surface area contributed by atoms with Crippen molar-refractivity contribution in [1.29, 1.82) is 0 Å². The molecule has 0 radical (unpaired) electrons. The van der Waals surface area contributed by atoms with Gasteiger partial charge in [0.2, 0.25) is 21.8 Å². The Hall–Kier alpha value is -5.11. The van der Waals surface area contributed by atoms with Crippen molar-refractivity contribution in [2.45, 2.75) is 61.1 Å². The fraction of sp³-hybridized carbons (Fsp3) is 0.381. The normalized spacial score (nSPS) is 22.6. The molecule has 2 saturated carbocycles. The molecule has 1 aliphatic heterocycles. The van der Waals surface area contributed by atoms with Crippen LogP contribution in [0.3, 0.4) is 0 Å². The molecule has 2 aliphatic carbocycles. The minimum Gasteiger partial charge on any atom is -0.497 e. The van der Waals surface area contributed by atoms with E-state index in [-0.39, 0.29) is 31.2 Å². The molecule has 0 bridgehead atoms. The van der Waals surface area contributed by atoms with E-state index in [2.05, 4.69) is 16.6 Å². The molecule has 12 nitrogen and oxygen atoms in total. The topological polar surface area (TPSA) is 147 Å². The zero-order chi connectivity index (χ0) is 38.9.